The van der Waals surface area contributed by atoms with E-state index in [-0.39, 0.29) is 5.75 Å². The van der Waals surface area contributed by atoms with Crippen molar-refractivity contribution in [3.63, 3.8) is 0 Å². The molecule has 3 nitrogen and oxygen atoms in total. The molecule has 2 aromatic rings. The summed E-state index contributed by atoms with van der Waals surface area (Å²) in [6.07, 6.45) is 0. The lowest BCUT2D eigenvalue weighted by Crippen LogP contribution is -1.98. The lowest BCUT2D eigenvalue weighted by atomic mass is 10.0. The first kappa shape index (κ1) is 15.4. The van der Waals surface area contributed by atoms with Crippen LogP contribution in [0.5, 0.6) is 17.2 Å². The zero-order valence-corrected chi connectivity index (χ0v) is 12.8. The number of alkyl halides is 1. The first-order valence-electron chi connectivity index (χ1n) is 6.30. The molecule has 1 atom stereocenters. The highest BCUT2D eigenvalue weighted by molar-refractivity contribution is 6.22. The summed E-state index contributed by atoms with van der Waals surface area (Å²) in [4.78, 5) is 0. The molecule has 1 unspecified atom stereocenters. The van der Waals surface area contributed by atoms with Gasteiger partial charge in [-0.3, -0.25) is 0 Å². The summed E-state index contributed by atoms with van der Waals surface area (Å²) in [7, 11) is 4.54. The Morgan fingerprint density at radius 3 is 1.86 bits per heavy atom. The highest BCUT2D eigenvalue weighted by Crippen LogP contribution is 2.36. The van der Waals surface area contributed by atoms with Gasteiger partial charge in [0.2, 0.25) is 0 Å². The van der Waals surface area contributed by atoms with Crippen LogP contribution in [-0.4, -0.2) is 21.3 Å². The van der Waals surface area contributed by atoms with Crippen molar-refractivity contribution in [2.24, 2.45) is 0 Å². The second kappa shape index (κ2) is 6.68. The number of methoxy groups -OCH3 is 3. The third-order valence-corrected chi connectivity index (χ3v) is 3.67. The summed E-state index contributed by atoms with van der Waals surface area (Å²) < 4.78 is 29.1. The Labute approximate surface area is 128 Å². The molecular weight excluding hydrogens is 295 g/mol. The van der Waals surface area contributed by atoms with Crippen LogP contribution in [0.4, 0.5) is 4.39 Å². The van der Waals surface area contributed by atoms with Crippen molar-refractivity contribution in [1.82, 2.24) is 0 Å². The zero-order chi connectivity index (χ0) is 15.4. The summed E-state index contributed by atoms with van der Waals surface area (Å²) in [5.74, 6) is 0.941. The molecule has 112 valence electrons. The van der Waals surface area contributed by atoms with Gasteiger partial charge in [0.15, 0.2) is 23.1 Å². The molecule has 21 heavy (non-hydrogen) atoms. The van der Waals surface area contributed by atoms with Crippen LogP contribution in [0.15, 0.2) is 36.4 Å². The average molecular weight is 311 g/mol. The Hall–Kier alpha value is -1.94. The van der Waals surface area contributed by atoms with Gasteiger partial charge < -0.3 is 14.2 Å². The summed E-state index contributed by atoms with van der Waals surface area (Å²) in [6, 6.07) is 10.0. The molecule has 0 saturated carbocycles. The van der Waals surface area contributed by atoms with Crippen LogP contribution in [0, 0.1) is 5.82 Å². The molecule has 0 aliphatic carbocycles. The quantitative estimate of drug-likeness (QED) is 0.775. The number of hydrogen-bond donors (Lipinski definition) is 0. The summed E-state index contributed by atoms with van der Waals surface area (Å²) >= 11 is 6.42. The summed E-state index contributed by atoms with van der Waals surface area (Å²) in [5, 5.41) is -0.495. The second-order valence-corrected chi connectivity index (χ2v) is 4.81. The van der Waals surface area contributed by atoms with E-state index in [9.17, 15) is 4.39 Å². The van der Waals surface area contributed by atoms with Gasteiger partial charge in [0.25, 0.3) is 0 Å². The van der Waals surface area contributed by atoms with Crippen molar-refractivity contribution in [1.29, 1.82) is 0 Å². The van der Waals surface area contributed by atoms with Gasteiger partial charge in [-0.05, 0) is 35.4 Å². The summed E-state index contributed by atoms with van der Waals surface area (Å²) in [6.45, 7) is 0. The standard InChI is InChI=1S/C16H16ClFO3/c1-19-13-6-4-10(8-12(13)18)16(17)11-5-7-14(20-2)15(9-11)21-3/h4-9,16H,1-3H3. The smallest absolute Gasteiger partial charge is 0.165 e. The monoisotopic (exact) mass is 310 g/mol. The van der Waals surface area contributed by atoms with Crippen LogP contribution in [0.1, 0.15) is 16.5 Å². The van der Waals surface area contributed by atoms with E-state index in [0.29, 0.717) is 17.1 Å². The van der Waals surface area contributed by atoms with Crippen LogP contribution in [0.2, 0.25) is 0 Å². The predicted molar refractivity (Wildman–Crippen MR) is 80.2 cm³/mol. The molecule has 0 N–H and O–H groups in total. The lowest BCUT2D eigenvalue weighted by Gasteiger charge is -2.14. The van der Waals surface area contributed by atoms with E-state index in [0.717, 1.165) is 5.56 Å². The van der Waals surface area contributed by atoms with Crippen molar-refractivity contribution in [2.45, 2.75) is 5.38 Å². The Bertz CT molecular complexity index is 631. The Balaban J connectivity index is 2.35. The van der Waals surface area contributed by atoms with Gasteiger partial charge in [-0.2, -0.15) is 0 Å². The van der Waals surface area contributed by atoms with Crippen molar-refractivity contribution in [3.05, 3.63) is 53.3 Å². The van der Waals surface area contributed by atoms with Gasteiger partial charge in [0, 0.05) is 0 Å². The SMILES string of the molecule is COc1ccc(C(Cl)c2ccc(OC)c(OC)c2)cc1F. The molecule has 0 bridgehead atoms. The Morgan fingerprint density at radius 2 is 1.33 bits per heavy atom. The van der Waals surface area contributed by atoms with Gasteiger partial charge in [-0.15, -0.1) is 11.6 Å². The molecule has 2 aromatic carbocycles. The molecule has 0 aromatic heterocycles. The van der Waals surface area contributed by atoms with Gasteiger partial charge >= 0.3 is 0 Å². The fourth-order valence-electron chi connectivity index (χ4n) is 2.04. The Kier molecular flexibility index (Phi) is 4.91. The molecule has 0 aliphatic heterocycles. The van der Waals surface area contributed by atoms with Crippen LogP contribution < -0.4 is 14.2 Å². The maximum absolute atomic E-state index is 13.8. The van der Waals surface area contributed by atoms with E-state index in [4.69, 9.17) is 25.8 Å². The van der Waals surface area contributed by atoms with Gasteiger partial charge in [0.1, 0.15) is 0 Å². The second-order valence-electron chi connectivity index (χ2n) is 4.37. The fraction of sp³-hybridized carbons (Fsp3) is 0.250. The number of hydrogen-bond acceptors (Lipinski definition) is 3. The van der Waals surface area contributed by atoms with Crippen molar-refractivity contribution in [2.75, 3.05) is 21.3 Å². The van der Waals surface area contributed by atoms with Crippen molar-refractivity contribution >= 4 is 11.6 Å². The zero-order valence-electron chi connectivity index (χ0n) is 12.0. The van der Waals surface area contributed by atoms with E-state index in [1.807, 2.05) is 6.07 Å². The molecule has 5 heteroatoms. The number of ether oxygens (including phenoxy) is 3. The maximum atomic E-state index is 13.8. The maximum Gasteiger partial charge on any atom is 0.165 e. The Morgan fingerprint density at radius 1 is 0.810 bits per heavy atom. The first-order valence-corrected chi connectivity index (χ1v) is 6.73. The minimum atomic E-state index is -0.495. The first-order chi connectivity index (χ1) is 10.1. The van der Waals surface area contributed by atoms with E-state index >= 15 is 0 Å². The minimum absolute atomic E-state index is 0.190. The van der Waals surface area contributed by atoms with Gasteiger partial charge in [-0.25, -0.2) is 4.39 Å². The van der Waals surface area contributed by atoms with Gasteiger partial charge in [0.05, 0.1) is 26.7 Å². The van der Waals surface area contributed by atoms with Crippen molar-refractivity contribution < 1.29 is 18.6 Å². The normalized spacial score (nSPS) is 11.9. The topological polar surface area (TPSA) is 27.7 Å². The van der Waals surface area contributed by atoms with Crippen LogP contribution in [-0.2, 0) is 0 Å². The highest BCUT2D eigenvalue weighted by atomic mass is 35.5. The summed E-state index contributed by atoms with van der Waals surface area (Å²) in [5.41, 5.74) is 1.43. The van der Waals surface area contributed by atoms with Gasteiger partial charge in [-0.1, -0.05) is 12.1 Å². The molecular formula is C16H16ClFO3. The van der Waals surface area contributed by atoms with Crippen LogP contribution >= 0.6 is 11.6 Å². The van der Waals surface area contributed by atoms with Crippen molar-refractivity contribution in [3.8, 4) is 17.2 Å². The molecule has 0 aliphatic rings. The number of halogens is 2. The van der Waals surface area contributed by atoms with E-state index < -0.39 is 11.2 Å². The van der Waals surface area contributed by atoms with Crippen LogP contribution in [0.25, 0.3) is 0 Å². The molecule has 0 radical (unpaired) electrons. The number of rotatable bonds is 5. The largest absolute Gasteiger partial charge is 0.494 e. The van der Waals surface area contributed by atoms with Crippen LogP contribution in [0.3, 0.4) is 0 Å². The molecule has 0 spiro atoms. The molecule has 0 saturated heterocycles. The van der Waals surface area contributed by atoms with E-state index in [2.05, 4.69) is 0 Å². The fourth-order valence-corrected chi connectivity index (χ4v) is 2.31. The van der Waals surface area contributed by atoms with E-state index in [1.165, 1.54) is 13.2 Å². The van der Waals surface area contributed by atoms with E-state index in [1.54, 1.807) is 38.5 Å². The molecule has 0 amide bonds. The third kappa shape index (κ3) is 3.22. The molecule has 2 rings (SSSR count). The minimum Gasteiger partial charge on any atom is -0.494 e. The predicted octanol–water partition coefficient (Wildman–Crippen LogP) is 4.18. The number of benzene rings is 2. The molecule has 0 fully saturated rings. The lowest BCUT2D eigenvalue weighted by molar-refractivity contribution is 0.354. The highest BCUT2D eigenvalue weighted by Gasteiger charge is 2.16. The average Bonchev–Trinajstić information content (AvgIpc) is 2.53. The third-order valence-electron chi connectivity index (χ3n) is 3.17. The molecule has 0 heterocycles.